The van der Waals surface area contributed by atoms with Crippen molar-refractivity contribution in [3.63, 3.8) is 0 Å². The Morgan fingerprint density at radius 3 is 2.79 bits per heavy atom. The molecular formula is C13H13NO4S. The molecule has 0 saturated heterocycles. The first-order valence-electron chi connectivity index (χ1n) is 5.53. The summed E-state index contributed by atoms with van der Waals surface area (Å²) in [6, 6.07) is 5.51. The number of aromatic nitrogens is 1. The molecule has 1 heterocycles. The van der Waals surface area contributed by atoms with Crippen LogP contribution in [0.5, 0.6) is 11.5 Å². The highest BCUT2D eigenvalue weighted by Gasteiger charge is 2.15. The summed E-state index contributed by atoms with van der Waals surface area (Å²) in [6.07, 6.45) is 1.55. The third kappa shape index (κ3) is 2.85. The summed E-state index contributed by atoms with van der Waals surface area (Å²) in [7, 11) is 3.13. The number of carboxylic acids is 1. The third-order valence-corrected chi connectivity index (χ3v) is 3.54. The summed E-state index contributed by atoms with van der Waals surface area (Å²) in [5, 5.41) is 9.48. The average molecular weight is 279 g/mol. The zero-order chi connectivity index (χ0) is 13.8. The summed E-state index contributed by atoms with van der Waals surface area (Å²) in [4.78, 5) is 15.6. The molecule has 1 N–H and O–H groups in total. The van der Waals surface area contributed by atoms with Crippen molar-refractivity contribution in [1.82, 2.24) is 4.98 Å². The highest BCUT2D eigenvalue weighted by molar-refractivity contribution is 7.15. The second kappa shape index (κ2) is 5.71. The minimum absolute atomic E-state index is 0.0239. The number of ether oxygens (including phenoxy) is 2. The maximum Gasteiger partial charge on any atom is 0.308 e. The van der Waals surface area contributed by atoms with Gasteiger partial charge in [0.25, 0.3) is 0 Å². The Morgan fingerprint density at radius 1 is 1.37 bits per heavy atom. The summed E-state index contributed by atoms with van der Waals surface area (Å²) in [5.41, 5.74) is 0.795. The standard InChI is InChI=1S/C13H13NO4S/c1-17-10-5-3-4-9(12(10)18-2)13-14-7-8(19-13)6-11(15)16/h3-5,7H,6H2,1-2H3,(H,15,16). The molecule has 0 atom stereocenters. The molecule has 6 heteroatoms. The summed E-state index contributed by atoms with van der Waals surface area (Å²) in [6.45, 7) is 0. The van der Waals surface area contributed by atoms with E-state index in [0.29, 0.717) is 21.4 Å². The van der Waals surface area contributed by atoms with E-state index < -0.39 is 5.97 Å². The zero-order valence-electron chi connectivity index (χ0n) is 10.5. The molecule has 0 saturated carbocycles. The Kier molecular flexibility index (Phi) is 4.01. The summed E-state index contributed by atoms with van der Waals surface area (Å²) < 4.78 is 10.6. The maximum atomic E-state index is 10.7. The topological polar surface area (TPSA) is 68.7 Å². The fraction of sp³-hybridized carbons (Fsp3) is 0.231. The molecule has 2 aromatic rings. The number of aliphatic carboxylic acids is 1. The quantitative estimate of drug-likeness (QED) is 0.910. The van der Waals surface area contributed by atoms with Gasteiger partial charge in [-0.2, -0.15) is 0 Å². The van der Waals surface area contributed by atoms with E-state index >= 15 is 0 Å². The van der Waals surface area contributed by atoms with E-state index in [9.17, 15) is 4.79 Å². The number of hydrogen-bond donors (Lipinski definition) is 1. The van der Waals surface area contributed by atoms with E-state index in [2.05, 4.69) is 4.98 Å². The molecule has 0 bridgehead atoms. The molecular weight excluding hydrogens is 266 g/mol. The molecule has 0 radical (unpaired) electrons. The van der Waals surface area contributed by atoms with E-state index in [1.54, 1.807) is 26.5 Å². The van der Waals surface area contributed by atoms with Crippen LogP contribution in [0, 0.1) is 0 Å². The molecule has 5 nitrogen and oxygen atoms in total. The molecule has 1 aromatic carbocycles. The SMILES string of the molecule is COc1cccc(-c2ncc(CC(=O)O)s2)c1OC. The van der Waals surface area contributed by atoms with E-state index in [1.165, 1.54) is 11.3 Å². The van der Waals surface area contributed by atoms with Gasteiger partial charge in [0.15, 0.2) is 11.5 Å². The smallest absolute Gasteiger partial charge is 0.308 e. The largest absolute Gasteiger partial charge is 0.493 e. The Morgan fingerprint density at radius 2 is 2.16 bits per heavy atom. The highest BCUT2D eigenvalue weighted by atomic mass is 32.1. The molecule has 100 valence electrons. The maximum absolute atomic E-state index is 10.7. The second-order valence-corrected chi connectivity index (χ2v) is 4.86. The van der Waals surface area contributed by atoms with Gasteiger partial charge in [0.05, 0.1) is 26.2 Å². The van der Waals surface area contributed by atoms with Crippen LogP contribution in [0.15, 0.2) is 24.4 Å². The molecule has 0 amide bonds. The molecule has 0 aliphatic heterocycles. The van der Waals surface area contributed by atoms with Crippen molar-refractivity contribution in [3.8, 4) is 22.1 Å². The van der Waals surface area contributed by atoms with Crippen molar-refractivity contribution >= 4 is 17.3 Å². The van der Waals surface area contributed by atoms with Gasteiger partial charge < -0.3 is 14.6 Å². The molecule has 2 rings (SSSR count). The number of nitrogens with zero attached hydrogens (tertiary/aromatic N) is 1. The first-order chi connectivity index (χ1) is 9.15. The first kappa shape index (κ1) is 13.4. The van der Waals surface area contributed by atoms with Crippen LogP contribution in [-0.4, -0.2) is 30.3 Å². The number of methoxy groups -OCH3 is 2. The molecule has 0 fully saturated rings. The fourth-order valence-electron chi connectivity index (χ4n) is 1.72. The van der Waals surface area contributed by atoms with Gasteiger partial charge in [-0.15, -0.1) is 11.3 Å². The number of hydrogen-bond acceptors (Lipinski definition) is 5. The van der Waals surface area contributed by atoms with Gasteiger partial charge in [-0.05, 0) is 12.1 Å². The van der Waals surface area contributed by atoms with Gasteiger partial charge >= 0.3 is 5.97 Å². The Balaban J connectivity index is 2.41. The van der Waals surface area contributed by atoms with E-state index in [4.69, 9.17) is 14.6 Å². The minimum atomic E-state index is -0.868. The van der Waals surface area contributed by atoms with Crippen LogP contribution >= 0.6 is 11.3 Å². The van der Waals surface area contributed by atoms with Crippen molar-refractivity contribution < 1.29 is 19.4 Å². The lowest BCUT2D eigenvalue weighted by molar-refractivity contribution is -0.136. The van der Waals surface area contributed by atoms with E-state index in [0.717, 1.165) is 5.56 Å². The van der Waals surface area contributed by atoms with Crippen LogP contribution in [0.25, 0.3) is 10.6 Å². The Hall–Kier alpha value is -2.08. The predicted octanol–water partition coefficient (Wildman–Crippen LogP) is 2.45. The highest BCUT2D eigenvalue weighted by Crippen LogP contribution is 2.39. The monoisotopic (exact) mass is 279 g/mol. The van der Waals surface area contributed by atoms with Crippen LogP contribution < -0.4 is 9.47 Å². The number of carbonyl (C=O) groups is 1. The van der Waals surface area contributed by atoms with Gasteiger partial charge in [0.2, 0.25) is 0 Å². The molecule has 0 spiro atoms. The third-order valence-electron chi connectivity index (χ3n) is 2.51. The number of benzene rings is 1. The van der Waals surface area contributed by atoms with Crippen molar-refractivity contribution in [3.05, 3.63) is 29.3 Å². The zero-order valence-corrected chi connectivity index (χ0v) is 11.4. The normalized spacial score (nSPS) is 10.2. The number of thiazole rings is 1. The van der Waals surface area contributed by atoms with Crippen LogP contribution in [0.1, 0.15) is 4.88 Å². The van der Waals surface area contributed by atoms with Crippen LogP contribution in [0.4, 0.5) is 0 Å². The van der Waals surface area contributed by atoms with E-state index in [-0.39, 0.29) is 6.42 Å². The van der Waals surface area contributed by atoms with Crippen molar-refractivity contribution in [2.75, 3.05) is 14.2 Å². The second-order valence-electron chi connectivity index (χ2n) is 3.74. The fourth-order valence-corrected chi connectivity index (χ4v) is 2.64. The molecule has 1 aromatic heterocycles. The van der Waals surface area contributed by atoms with Crippen LogP contribution in [0.2, 0.25) is 0 Å². The van der Waals surface area contributed by atoms with Crippen molar-refractivity contribution in [2.24, 2.45) is 0 Å². The Bertz CT molecular complexity index is 594. The average Bonchev–Trinajstić information content (AvgIpc) is 2.85. The number of para-hydroxylation sites is 1. The number of rotatable bonds is 5. The van der Waals surface area contributed by atoms with Gasteiger partial charge in [0.1, 0.15) is 5.01 Å². The first-order valence-corrected chi connectivity index (χ1v) is 6.35. The summed E-state index contributed by atoms with van der Waals surface area (Å²) >= 11 is 1.34. The predicted molar refractivity (Wildman–Crippen MR) is 72.0 cm³/mol. The summed E-state index contributed by atoms with van der Waals surface area (Å²) in [5.74, 6) is 0.351. The van der Waals surface area contributed by atoms with Gasteiger partial charge in [-0.25, -0.2) is 4.98 Å². The molecule has 0 aliphatic carbocycles. The van der Waals surface area contributed by atoms with Gasteiger partial charge in [-0.3, -0.25) is 4.79 Å². The molecule has 0 aliphatic rings. The van der Waals surface area contributed by atoms with E-state index in [1.807, 2.05) is 12.1 Å². The number of carboxylic acid groups (broad SMARTS) is 1. The van der Waals surface area contributed by atoms with Crippen molar-refractivity contribution in [1.29, 1.82) is 0 Å². The lowest BCUT2D eigenvalue weighted by Gasteiger charge is -2.10. The lowest BCUT2D eigenvalue weighted by atomic mass is 10.2. The van der Waals surface area contributed by atoms with Gasteiger partial charge in [0, 0.05) is 11.1 Å². The van der Waals surface area contributed by atoms with Crippen molar-refractivity contribution in [2.45, 2.75) is 6.42 Å². The van der Waals surface area contributed by atoms with Crippen LogP contribution in [0.3, 0.4) is 0 Å². The lowest BCUT2D eigenvalue weighted by Crippen LogP contribution is -1.97. The molecule has 0 unspecified atom stereocenters. The minimum Gasteiger partial charge on any atom is -0.493 e. The van der Waals surface area contributed by atoms with Gasteiger partial charge in [-0.1, -0.05) is 6.07 Å². The van der Waals surface area contributed by atoms with Crippen LogP contribution in [-0.2, 0) is 11.2 Å². The Labute approximate surface area is 114 Å². The molecule has 19 heavy (non-hydrogen) atoms.